The van der Waals surface area contributed by atoms with Crippen LogP contribution in [0, 0.1) is 6.92 Å². The molecule has 0 radical (unpaired) electrons. The number of anilines is 2. The Balaban J connectivity index is 1.58. The maximum absolute atomic E-state index is 13.0. The molecule has 1 aliphatic rings. The van der Waals surface area contributed by atoms with Gasteiger partial charge in [-0.1, -0.05) is 42.0 Å². The first-order valence-corrected chi connectivity index (χ1v) is 10.2. The van der Waals surface area contributed by atoms with Crippen LogP contribution < -0.4 is 9.91 Å². The number of thiazole rings is 1. The molecule has 0 fully saturated rings. The minimum absolute atomic E-state index is 0.149. The van der Waals surface area contributed by atoms with E-state index in [2.05, 4.69) is 29.1 Å². The standard InChI is InChI=1S/C23H22N4OS/c1-15-5-9-18(10-6-15)21-14-29-23(24-21)27-22(28)20(16(2)25-27)13-17-7-11-19(12-8-17)26(3)4/h5-14H,1-4H3. The molecular formula is C23H22N4OS. The van der Waals surface area contributed by atoms with E-state index in [1.807, 2.05) is 73.8 Å². The van der Waals surface area contributed by atoms with E-state index in [-0.39, 0.29) is 5.91 Å². The largest absolute Gasteiger partial charge is 0.378 e. The van der Waals surface area contributed by atoms with E-state index >= 15 is 0 Å². The fourth-order valence-corrected chi connectivity index (χ4v) is 3.85. The second-order valence-corrected chi connectivity index (χ2v) is 8.06. The van der Waals surface area contributed by atoms with Gasteiger partial charge in [0.2, 0.25) is 5.13 Å². The summed E-state index contributed by atoms with van der Waals surface area (Å²) in [6, 6.07) is 16.3. The Bertz CT molecular complexity index is 1110. The van der Waals surface area contributed by atoms with Gasteiger partial charge >= 0.3 is 0 Å². The van der Waals surface area contributed by atoms with E-state index < -0.39 is 0 Å². The van der Waals surface area contributed by atoms with Crippen LogP contribution in [0.2, 0.25) is 0 Å². The first-order valence-electron chi connectivity index (χ1n) is 9.34. The molecule has 2 aromatic carbocycles. The lowest BCUT2D eigenvalue weighted by atomic mass is 10.1. The molecule has 0 unspecified atom stereocenters. The number of carbonyl (C=O) groups excluding carboxylic acids is 1. The highest BCUT2D eigenvalue weighted by Gasteiger charge is 2.30. The highest BCUT2D eigenvalue weighted by Crippen LogP contribution is 2.31. The smallest absolute Gasteiger partial charge is 0.282 e. The molecular weight excluding hydrogens is 380 g/mol. The quantitative estimate of drug-likeness (QED) is 0.578. The van der Waals surface area contributed by atoms with Crippen LogP contribution in [-0.2, 0) is 4.79 Å². The number of hydrogen-bond donors (Lipinski definition) is 0. The molecule has 2 heterocycles. The average Bonchev–Trinajstić information content (AvgIpc) is 3.29. The molecule has 1 amide bonds. The van der Waals surface area contributed by atoms with Gasteiger partial charge in [0.15, 0.2) is 0 Å². The van der Waals surface area contributed by atoms with Gasteiger partial charge in [0.05, 0.1) is 17.0 Å². The monoisotopic (exact) mass is 402 g/mol. The number of carbonyl (C=O) groups is 1. The number of hydrogen-bond acceptors (Lipinski definition) is 5. The number of aryl methyl sites for hydroxylation is 1. The molecule has 1 aromatic heterocycles. The van der Waals surface area contributed by atoms with Gasteiger partial charge in [0.25, 0.3) is 5.91 Å². The van der Waals surface area contributed by atoms with Gasteiger partial charge in [-0.2, -0.15) is 10.1 Å². The number of aromatic nitrogens is 1. The fraction of sp³-hybridized carbons (Fsp3) is 0.174. The predicted molar refractivity (Wildman–Crippen MR) is 122 cm³/mol. The average molecular weight is 403 g/mol. The summed E-state index contributed by atoms with van der Waals surface area (Å²) in [7, 11) is 4.00. The van der Waals surface area contributed by atoms with Crippen molar-refractivity contribution in [1.82, 2.24) is 4.98 Å². The van der Waals surface area contributed by atoms with Gasteiger partial charge in [0.1, 0.15) is 0 Å². The number of amides is 1. The Morgan fingerprint density at radius 2 is 1.69 bits per heavy atom. The summed E-state index contributed by atoms with van der Waals surface area (Å²) < 4.78 is 0. The summed E-state index contributed by atoms with van der Waals surface area (Å²) in [6.45, 7) is 3.91. The second-order valence-electron chi connectivity index (χ2n) is 7.23. The normalized spacial score (nSPS) is 15.2. The van der Waals surface area contributed by atoms with E-state index in [1.54, 1.807) is 0 Å². The van der Waals surface area contributed by atoms with Crippen molar-refractivity contribution >= 4 is 39.9 Å². The van der Waals surface area contributed by atoms with Gasteiger partial charge < -0.3 is 4.90 Å². The van der Waals surface area contributed by atoms with Crippen LogP contribution in [0.1, 0.15) is 18.1 Å². The first-order chi connectivity index (χ1) is 13.9. The van der Waals surface area contributed by atoms with Crippen molar-refractivity contribution < 1.29 is 4.79 Å². The first kappa shape index (κ1) is 19.1. The highest BCUT2D eigenvalue weighted by molar-refractivity contribution is 7.14. The molecule has 0 spiro atoms. The van der Waals surface area contributed by atoms with Crippen LogP contribution in [0.5, 0.6) is 0 Å². The predicted octanol–water partition coefficient (Wildman–Crippen LogP) is 4.99. The molecule has 3 aromatic rings. The summed E-state index contributed by atoms with van der Waals surface area (Å²) in [5.41, 5.74) is 6.45. The van der Waals surface area contributed by atoms with Crippen LogP contribution in [-0.4, -0.2) is 30.7 Å². The van der Waals surface area contributed by atoms with Gasteiger partial charge in [-0.05, 0) is 37.6 Å². The summed E-state index contributed by atoms with van der Waals surface area (Å²) >= 11 is 1.42. The molecule has 0 atom stereocenters. The summed E-state index contributed by atoms with van der Waals surface area (Å²) in [5.74, 6) is -0.149. The van der Waals surface area contributed by atoms with Gasteiger partial charge in [0, 0.05) is 30.7 Å². The summed E-state index contributed by atoms with van der Waals surface area (Å²) in [5, 5.41) is 8.39. The van der Waals surface area contributed by atoms with Crippen LogP contribution in [0.25, 0.3) is 17.3 Å². The number of hydrazone groups is 1. The third-order valence-electron chi connectivity index (χ3n) is 4.80. The van der Waals surface area contributed by atoms with Crippen LogP contribution >= 0.6 is 11.3 Å². The van der Waals surface area contributed by atoms with E-state index in [4.69, 9.17) is 0 Å². The molecule has 5 nitrogen and oxygen atoms in total. The molecule has 1 aliphatic heterocycles. The molecule has 0 bridgehead atoms. The lowest BCUT2D eigenvalue weighted by Crippen LogP contribution is -2.21. The topological polar surface area (TPSA) is 48.8 Å². The second kappa shape index (κ2) is 7.64. The Labute approximate surface area is 174 Å². The number of rotatable bonds is 4. The summed E-state index contributed by atoms with van der Waals surface area (Å²) in [4.78, 5) is 19.7. The van der Waals surface area contributed by atoms with Crippen molar-refractivity contribution in [3.63, 3.8) is 0 Å². The lowest BCUT2D eigenvalue weighted by Gasteiger charge is -2.12. The minimum Gasteiger partial charge on any atom is -0.378 e. The van der Waals surface area contributed by atoms with Crippen molar-refractivity contribution in [2.45, 2.75) is 13.8 Å². The van der Waals surface area contributed by atoms with Crippen molar-refractivity contribution in [2.75, 3.05) is 24.0 Å². The molecule has 0 N–H and O–H groups in total. The fourth-order valence-electron chi connectivity index (χ4n) is 3.07. The van der Waals surface area contributed by atoms with E-state index in [9.17, 15) is 4.79 Å². The zero-order chi connectivity index (χ0) is 20.5. The maximum Gasteiger partial charge on any atom is 0.282 e. The Kier molecular flexibility index (Phi) is 5.03. The number of benzene rings is 2. The Morgan fingerprint density at radius 1 is 1.00 bits per heavy atom. The third-order valence-corrected chi connectivity index (χ3v) is 5.62. The third kappa shape index (κ3) is 3.84. The lowest BCUT2D eigenvalue weighted by molar-refractivity contribution is -0.114. The molecule has 4 rings (SSSR count). The Morgan fingerprint density at radius 3 is 2.34 bits per heavy atom. The van der Waals surface area contributed by atoms with Crippen LogP contribution in [0.15, 0.2) is 64.6 Å². The van der Waals surface area contributed by atoms with Gasteiger partial charge in [-0.25, -0.2) is 4.98 Å². The van der Waals surface area contributed by atoms with Crippen molar-refractivity contribution in [3.05, 3.63) is 70.6 Å². The molecule has 0 saturated heterocycles. The summed E-state index contributed by atoms with van der Waals surface area (Å²) in [6.07, 6.45) is 1.88. The molecule has 0 aliphatic carbocycles. The minimum atomic E-state index is -0.149. The number of nitrogens with zero attached hydrogens (tertiary/aromatic N) is 4. The van der Waals surface area contributed by atoms with E-state index in [0.717, 1.165) is 22.5 Å². The molecule has 6 heteroatoms. The van der Waals surface area contributed by atoms with Gasteiger partial charge in [-0.3, -0.25) is 4.79 Å². The maximum atomic E-state index is 13.0. The van der Waals surface area contributed by atoms with Crippen LogP contribution in [0.3, 0.4) is 0 Å². The molecule has 0 saturated carbocycles. The zero-order valence-corrected chi connectivity index (χ0v) is 17.7. The zero-order valence-electron chi connectivity index (χ0n) is 16.9. The van der Waals surface area contributed by atoms with Crippen molar-refractivity contribution in [2.24, 2.45) is 5.10 Å². The molecule has 146 valence electrons. The van der Waals surface area contributed by atoms with E-state index in [0.29, 0.717) is 16.4 Å². The highest BCUT2D eigenvalue weighted by atomic mass is 32.1. The van der Waals surface area contributed by atoms with Gasteiger partial charge in [-0.15, -0.1) is 11.3 Å². The molecule has 29 heavy (non-hydrogen) atoms. The van der Waals surface area contributed by atoms with Crippen molar-refractivity contribution in [1.29, 1.82) is 0 Å². The Hall–Kier alpha value is -3.25. The van der Waals surface area contributed by atoms with Crippen molar-refractivity contribution in [3.8, 4) is 11.3 Å². The van der Waals surface area contributed by atoms with Crippen LogP contribution in [0.4, 0.5) is 10.8 Å². The SMILES string of the molecule is CC1=NN(c2nc(-c3ccc(C)cc3)cs2)C(=O)C1=Cc1ccc(N(C)C)cc1. The van der Waals surface area contributed by atoms with E-state index in [1.165, 1.54) is 21.9 Å².